The number of benzene rings is 3. The molecule has 0 aliphatic carbocycles. The van der Waals surface area contributed by atoms with Crippen LogP contribution in [-0.2, 0) is 11.4 Å². The lowest BCUT2D eigenvalue weighted by Gasteiger charge is -2.07. The molecule has 35 heavy (non-hydrogen) atoms. The van der Waals surface area contributed by atoms with Gasteiger partial charge < -0.3 is 14.9 Å². The average molecular weight is 489 g/mol. The van der Waals surface area contributed by atoms with Gasteiger partial charge in [0.2, 0.25) is 0 Å². The van der Waals surface area contributed by atoms with Crippen LogP contribution in [0.5, 0.6) is 5.75 Å². The van der Waals surface area contributed by atoms with E-state index in [0.717, 1.165) is 11.1 Å². The van der Waals surface area contributed by atoms with E-state index in [0.29, 0.717) is 28.1 Å². The van der Waals surface area contributed by atoms with Gasteiger partial charge in [0.15, 0.2) is 5.17 Å². The number of ether oxygens (including phenoxy) is 1. The molecule has 0 atom stereocenters. The number of nitrogens with zero attached hydrogens (tertiary/aromatic N) is 2. The molecule has 1 aliphatic rings. The Hall–Kier alpha value is -4.37. The molecular weight excluding hydrogens is 468 g/mol. The lowest BCUT2D eigenvalue weighted by molar-refractivity contribution is -0.121. The molecular formula is C26H20N2O6S. The number of hydrogen-bond acceptors (Lipinski definition) is 6. The van der Waals surface area contributed by atoms with Crippen LogP contribution in [0, 0.1) is 0 Å². The zero-order valence-electron chi connectivity index (χ0n) is 18.5. The standard InChI is InChI=1S/C26H20N2O6S/c1-28-23(29)22(35-26(28)27-20-10-8-19(9-11-20)25(32)33)14-16-4-12-21(13-5-16)34-15-17-2-6-18(7-3-17)24(30)31/h2-14H,15H2,1H3,(H,30,31)(H,32,33). The second kappa shape index (κ2) is 10.3. The predicted octanol–water partition coefficient (Wildman–Crippen LogP) is 4.90. The van der Waals surface area contributed by atoms with E-state index in [-0.39, 0.29) is 17.0 Å². The molecule has 1 amide bonds. The normalized spacial score (nSPS) is 15.6. The number of aromatic carboxylic acids is 2. The van der Waals surface area contributed by atoms with Gasteiger partial charge in [-0.3, -0.25) is 9.69 Å². The van der Waals surface area contributed by atoms with Gasteiger partial charge in [0, 0.05) is 7.05 Å². The average Bonchev–Trinajstić information content (AvgIpc) is 3.11. The Morgan fingerprint density at radius 3 is 2.06 bits per heavy atom. The van der Waals surface area contributed by atoms with Crippen molar-refractivity contribution in [3.8, 4) is 5.75 Å². The number of rotatable bonds is 7. The number of carbonyl (C=O) groups excluding carboxylic acids is 1. The van der Waals surface area contributed by atoms with Crippen molar-refractivity contribution in [1.82, 2.24) is 4.90 Å². The van der Waals surface area contributed by atoms with Crippen LogP contribution < -0.4 is 4.74 Å². The molecule has 9 heteroatoms. The monoisotopic (exact) mass is 488 g/mol. The molecule has 4 rings (SSSR count). The van der Waals surface area contributed by atoms with Crippen LogP contribution in [0.4, 0.5) is 5.69 Å². The van der Waals surface area contributed by atoms with Crippen molar-refractivity contribution in [2.75, 3.05) is 7.05 Å². The van der Waals surface area contributed by atoms with Crippen molar-refractivity contribution in [2.45, 2.75) is 6.61 Å². The third-order valence-corrected chi connectivity index (χ3v) is 6.19. The van der Waals surface area contributed by atoms with Gasteiger partial charge in [-0.1, -0.05) is 24.3 Å². The van der Waals surface area contributed by atoms with Gasteiger partial charge in [-0.25, -0.2) is 14.6 Å². The minimum absolute atomic E-state index is 0.168. The van der Waals surface area contributed by atoms with E-state index in [1.54, 1.807) is 49.5 Å². The highest BCUT2D eigenvalue weighted by molar-refractivity contribution is 8.18. The molecule has 2 N–H and O–H groups in total. The first-order chi connectivity index (χ1) is 16.8. The summed E-state index contributed by atoms with van der Waals surface area (Å²) in [5.74, 6) is -1.52. The molecule has 176 valence electrons. The van der Waals surface area contributed by atoms with Crippen LogP contribution >= 0.6 is 11.8 Å². The number of amides is 1. The molecule has 1 fully saturated rings. The molecule has 0 radical (unpaired) electrons. The minimum Gasteiger partial charge on any atom is -0.489 e. The highest BCUT2D eigenvalue weighted by Gasteiger charge is 2.30. The van der Waals surface area contributed by atoms with Crippen molar-refractivity contribution in [2.24, 2.45) is 4.99 Å². The van der Waals surface area contributed by atoms with Gasteiger partial charge in [-0.2, -0.15) is 0 Å². The number of thioether (sulfide) groups is 1. The van der Waals surface area contributed by atoms with Crippen molar-refractivity contribution in [1.29, 1.82) is 0 Å². The fraction of sp³-hybridized carbons (Fsp3) is 0.0769. The maximum Gasteiger partial charge on any atom is 0.335 e. The third-order valence-electron chi connectivity index (χ3n) is 5.13. The Labute approximate surface area is 205 Å². The summed E-state index contributed by atoms with van der Waals surface area (Å²) >= 11 is 1.24. The molecule has 1 heterocycles. The number of carboxylic acid groups (broad SMARTS) is 2. The van der Waals surface area contributed by atoms with Gasteiger partial charge in [0.1, 0.15) is 12.4 Å². The largest absolute Gasteiger partial charge is 0.489 e. The minimum atomic E-state index is -1.01. The third kappa shape index (κ3) is 5.77. The predicted molar refractivity (Wildman–Crippen MR) is 133 cm³/mol. The molecule has 0 saturated carbocycles. The molecule has 1 aliphatic heterocycles. The van der Waals surface area contributed by atoms with E-state index in [4.69, 9.17) is 14.9 Å². The summed E-state index contributed by atoms with van der Waals surface area (Å²) in [4.78, 5) is 41.0. The van der Waals surface area contributed by atoms with Crippen LogP contribution in [0.2, 0.25) is 0 Å². The fourth-order valence-corrected chi connectivity index (χ4v) is 4.15. The highest BCUT2D eigenvalue weighted by Crippen LogP contribution is 2.33. The Morgan fingerprint density at radius 1 is 0.914 bits per heavy atom. The van der Waals surface area contributed by atoms with Crippen LogP contribution in [-0.4, -0.2) is 45.2 Å². The van der Waals surface area contributed by atoms with Crippen LogP contribution in [0.25, 0.3) is 6.08 Å². The maximum atomic E-state index is 12.7. The number of likely N-dealkylation sites (N-methyl/N-ethyl adjacent to an activating group) is 1. The second-order valence-electron chi connectivity index (χ2n) is 7.58. The van der Waals surface area contributed by atoms with Crippen molar-refractivity contribution in [3.05, 3.63) is 100.0 Å². The number of aliphatic imine (C=N–C) groups is 1. The Kier molecular flexibility index (Phi) is 6.98. The van der Waals surface area contributed by atoms with Crippen LogP contribution in [0.1, 0.15) is 31.8 Å². The second-order valence-corrected chi connectivity index (χ2v) is 8.59. The summed E-state index contributed by atoms with van der Waals surface area (Å²) in [6, 6.07) is 19.9. The van der Waals surface area contributed by atoms with Gasteiger partial charge in [-0.05, 0) is 77.5 Å². The lowest BCUT2D eigenvalue weighted by Crippen LogP contribution is -2.23. The number of carboxylic acids is 2. The van der Waals surface area contributed by atoms with Gasteiger partial charge in [0.05, 0.1) is 21.7 Å². The zero-order chi connectivity index (χ0) is 24.9. The molecule has 8 nitrogen and oxygen atoms in total. The number of amidine groups is 1. The SMILES string of the molecule is CN1C(=O)C(=Cc2ccc(OCc3ccc(C(=O)O)cc3)cc2)SC1=Nc1ccc(C(=O)O)cc1. The summed E-state index contributed by atoms with van der Waals surface area (Å²) in [6.07, 6.45) is 1.77. The van der Waals surface area contributed by atoms with E-state index in [1.165, 1.54) is 40.9 Å². The van der Waals surface area contributed by atoms with E-state index in [2.05, 4.69) is 4.99 Å². The first-order valence-corrected chi connectivity index (χ1v) is 11.3. The van der Waals surface area contributed by atoms with Crippen molar-refractivity contribution < 1.29 is 29.3 Å². The van der Waals surface area contributed by atoms with Crippen molar-refractivity contribution >= 4 is 46.5 Å². The van der Waals surface area contributed by atoms with E-state index in [1.807, 2.05) is 12.1 Å². The fourth-order valence-electron chi connectivity index (χ4n) is 3.16. The molecule has 3 aromatic rings. The molecule has 0 unspecified atom stereocenters. The van der Waals surface area contributed by atoms with E-state index < -0.39 is 11.9 Å². The van der Waals surface area contributed by atoms with E-state index >= 15 is 0 Å². The first kappa shape index (κ1) is 23.8. The lowest BCUT2D eigenvalue weighted by atomic mass is 10.1. The van der Waals surface area contributed by atoms with Crippen LogP contribution in [0.3, 0.4) is 0 Å². The quantitative estimate of drug-likeness (QED) is 0.455. The molecule has 0 aromatic heterocycles. The summed E-state index contributed by atoms with van der Waals surface area (Å²) in [5.41, 5.74) is 2.61. The zero-order valence-corrected chi connectivity index (χ0v) is 19.4. The highest BCUT2D eigenvalue weighted by atomic mass is 32.2. The topological polar surface area (TPSA) is 117 Å². The molecule has 0 bridgehead atoms. The first-order valence-electron chi connectivity index (χ1n) is 10.4. The number of hydrogen-bond donors (Lipinski definition) is 2. The Balaban J connectivity index is 1.41. The number of carbonyl (C=O) groups is 3. The summed E-state index contributed by atoms with van der Waals surface area (Å²) < 4.78 is 5.76. The molecule has 3 aromatic carbocycles. The maximum absolute atomic E-state index is 12.7. The molecule has 0 spiro atoms. The summed E-state index contributed by atoms with van der Waals surface area (Å²) in [5, 5.41) is 18.5. The smallest absolute Gasteiger partial charge is 0.335 e. The van der Waals surface area contributed by atoms with Crippen LogP contribution in [0.15, 0.2) is 82.7 Å². The van der Waals surface area contributed by atoms with Gasteiger partial charge in [0.25, 0.3) is 5.91 Å². The van der Waals surface area contributed by atoms with E-state index in [9.17, 15) is 14.4 Å². The van der Waals surface area contributed by atoms with Gasteiger partial charge in [-0.15, -0.1) is 0 Å². The molecule has 1 saturated heterocycles. The summed E-state index contributed by atoms with van der Waals surface area (Å²) in [6.45, 7) is 0.298. The Bertz CT molecular complexity index is 1330. The van der Waals surface area contributed by atoms with Crippen molar-refractivity contribution in [3.63, 3.8) is 0 Å². The Morgan fingerprint density at radius 2 is 1.49 bits per heavy atom. The summed E-state index contributed by atoms with van der Waals surface area (Å²) in [7, 11) is 1.64. The van der Waals surface area contributed by atoms with Gasteiger partial charge >= 0.3 is 11.9 Å².